The number of aryl methyl sites for hydroxylation is 1. The Bertz CT molecular complexity index is 1030. The highest BCUT2D eigenvalue weighted by Gasteiger charge is 2.18. The predicted molar refractivity (Wildman–Crippen MR) is 124 cm³/mol. The van der Waals surface area contributed by atoms with Crippen LogP contribution in [0.4, 0.5) is 5.69 Å². The monoisotopic (exact) mass is 508 g/mol. The molecule has 6 nitrogen and oxygen atoms in total. The van der Waals surface area contributed by atoms with Crippen LogP contribution < -0.4 is 10.1 Å². The van der Waals surface area contributed by atoms with Crippen LogP contribution in [0.25, 0.3) is 0 Å². The number of carbonyl (C=O) groups excluding carboxylic acids is 1. The molecule has 3 aromatic rings. The van der Waals surface area contributed by atoms with Crippen LogP contribution in [0, 0.1) is 0 Å². The Balaban J connectivity index is 1.57. The standard InChI is InChI=1S/C21H22BrClN4O2S/c1-4-14-5-8-16(9-6-14)29-13(2)20-25-26-21(27(20)3)30-12-19(28)24-15-7-10-17(22)18(23)11-15/h5-11,13H,4,12H2,1-3H3,(H,24,28)/t13-/m1/s1. The van der Waals surface area contributed by atoms with E-state index in [9.17, 15) is 4.79 Å². The van der Waals surface area contributed by atoms with Crippen molar-refractivity contribution in [3.63, 3.8) is 0 Å². The van der Waals surface area contributed by atoms with Crippen molar-refractivity contribution < 1.29 is 9.53 Å². The molecule has 0 bridgehead atoms. The molecule has 0 unspecified atom stereocenters. The Morgan fingerprint density at radius 3 is 2.67 bits per heavy atom. The second kappa shape index (κ2) is 10.3. The fraction of sp³-hybridized carbons (Fsp3) is 0.286. The highest BCUT2D eigenvalue weighted by Crippen LogP contribution is 2.26. The quantitative estimate of drug-likeness (QED) is 0.397. The van der Waals surface area contributed by atoms with E-state index in [0.717, 1.165) is 16.6 Å². The Morgan fingerprint density at radius 2 is 2.00 bits per heavy atom. The zero-order valence-electron chi connectivity index (χ0n) is 16.9. The van der Waals surface area contributed by atoms with Gasteiger partial charge in [-0.25, -0.2) is 0 Å². The number of nitrogens with one attached hydrogen (secondary N) is 1. The summed E-state index contributed by atoms with van der Waals surface area (Å²) in [5.74, 6) is 1.53. The van der Waals surface area contributed by atoms with Crippen molar-refractivity contribution in [1.29, 1.82) is 0 Å². The van der Waals surface area contributed by atoms with Gasteiger partial charge in [-0.05, 0) is 65.2 Å². The highest BCUT2D eigenvalue weighted by molar-refractivity contribution is 9.10. The molecule has 0 fully saturated rings. The Hall–Kier alpha value is -2.03. The molecule has 0 saturated carbocycles. The van der Waals surface area contributed by atoms with Gasteiger partial charge in [-0.1, -0.05) is 42.4 Å². The molecule has 0 aliphatic rings. The van der Waals surface area contributed by atoms with Crippen molar-refractivity contribution in [2.24, 2.45) is 7.05 Å². The number of nitrogens with zero attached hydrogens (tertiary/aromatic N) is 3. The molecule has 1 aromatic heterocycles. The van der Waals surface area contributed by atoms with E-state index in [1.807, 2.05) is 30.7 Å². The van der Waals surface area contributed by atoms with Gasteiger partial charge >= 0.3 is 0 Å². The largest absolute Gasteiger partial charge is 0.483 e. The summed E-state index contributed by atoms with van der Waals surface area (Å²) in [5.41, 5.74) is 1.90. The van der Waals surface area contributed by atoms with Gasteiger partial charge in [0.1, 0.15) is 5.75 Å². The lowest BCUT2D eigenvalue weighted by molar-refractivity contribution is -0.113. The van der Waals surface area contributed by atoms with Crippen molar-refractivity contribution in [2.45, 2.75) is 31.5 Å². The van der Waals surface area contributed by atoms with Gasteiger partial charge < -0.3 is 14.6 Å². The van der Waals surface area contributed by atoms with Crippen LogP contribution in [0.3, 0.4) is 0 Å². The SMILES string of the molecule is CCc1ccc(O[C@H](C)c2nnc(SCC(=O)Nc3ccc(Br)c(Cl)c3)n2C)cc1. The second-order valence-corrected chi connectivity index (χ2v) is 8.83. The van der Waals surface area contributed by atoms with E-state index in [2.05, 4.69) is 50.5 Å². The average Bonchev–Trinajstić information content (AvgIpc) is 3.10. The summed E-state index contributed by atoms with van der Waals surface area (Å²) in [6.07, 6.45) is 0.713. The molecule has 1 atom stereocenters. The number of thioether (sulfide) groups is 1. The van der Waals surface area contributed by atoms with Crippen molar-refractivity contribution in [1.82, 2.24) is 14.8 Å². The topological polar surface area (TPSA) is 69.0 Å². The van der Waals surface area contributed by atoms with E-state index in [1.165, 1.54) is 17.3 Å². The predicted octanol–water partition coefficient (Wildman–Crippen LogP) is 5.66. The number of hydrogen-bond acceptors (Lipinski definition) is 5. The molecule has 0 spiro atoms. The van der Waals surface area contributed by atoms with E-state index in [0.29, 0.717) is 21.7 Å². The van der Waals surface area contributed by atoms with Gasteiger partial charge in [-0.2, -0.15) is 0 Å². The van der Waals surface area contributed by atoms with E-state index in [-0.39, 0.29) is 17.8 Å². The maximum atomic E-state index is 12.3. The molecule has 0 aliphatic carbocycles. The van der Waals surface area contributed by atoms with E-state index in [4.69, 9.17) is 16.3 Å². The minimum absolute atomic E-state index is 0.150. The number of carbonyl (C=O) groups is 1. The number of rotatable bonds is 8. The summed E-state index contributed by atoms with van der Waals surface area (Å²) in [5, 5.41) is 12.4. The zero-order valence-corrected chi connectivity index (χ0v) is 20.0. The van der Waals surface area contributed by atoms with E-state index < -0.39 is 0 Å². The summed E-state index contributed by atoms with van der Waals surface area (Å²) in [6.45, 7) is 4.04. The molecule has 30 heavy (non-hydrogen) atoms. The van der Waals surface area contributed by atoms with Crippen molar-refractivity contribution in [3.05, 3.63) is 63.3 Å². The Kier molecular flexibility index (Phi) is 7.80. The summed E-state index contributed by atoms with van der Waals surface area (Å²) in [4.78, 5) is 12.3. The van der Waals surface area contributed by atoms with E-state index >= 15 is 0 Å². The number of ether oxygens (including phenoxy) is 1. The van der Waals surface area contributed by atoms with Crippen LogP contribution in [0.1, 0.15) is 31.3 Å². The van der Waals surface area contributed by atoms with Crippen LogP contribution >= 0.6 is 39.3 Å². The minimum Gasteiger partial charge on any atom is -0.483 e. The van der Waals surface area contributed by atoms with Crippen LogP contribution in [0.2, 0.25) is 5.02 Å². The first kappa shape index (κ1) is 22.7. The van der Waals surface area contributed by atoms with Gasteiger partial charge in [0, 0.05) is 17.2 Å². The van der Waals surface area contributed by atoms with Gasteiger partial charge in [0.2, 0.25) is 5.91 Å². The normalized spacial score (nSPS) is 11.9. The van der Waals surface area contributed by atoms with Crippen molar-refractivity contribution >= 4 is 50.9 Å². The van der Waals surface area contributed by atoms with Gasteiger partial charge in [0.15, 0.2) is 17.1 Å². The van der Waals surface area contributed by atoms with Gasteiger partial charge in [0.25, 0.3) is 0 Å². The molecule has 1 N–H and O–H groups in total. The smallest absolute Gasteiger partial charge is 0.234 e. The third-order valence-electron chi connectivity index (χ3n) is 4.41. The molecule has 3 rings (SSSR count). The third-order valence-corrected chi connectivity index (χ3v) is 6.67. The minimum atomic E-state index is -0.275. The summed E-state index contributed by atoms with van der Waals surface area (Å²) < 4.78 is 8.62. The lowest BCUT2D eigenvalue weighted by Gasteiger charge is -2.14. The van der Waals surface area contributed by atoms with Crippen LogP contribution in [0.5, 0.6) is 5.75 Å². The fourth-order valence-electron chi connectivity index (χ4n) is 2.77. The number of hydrogen-bond donors (Lipinski definition) is 1. The van der Waals surface area contributed by atoms with Crippen LogP contribution in [-0.4, -0.2) is 26.4 Å². The van der Waals surface area contributed by atoms with Gasteiger partial charge in [-0.3, -0.25) is 4.79 Å². The summed E-state index contributed by atoms with van der Waals surface area (Å²) >= 11 is 10.7. The molecule has 0 saturated heterocycles. The number of aromatic nitrogens is 3. The maximum Gasteiger partial charge on any atom is 0.234 e. The lowest BCUT2D eigenvalue weighted by Crippen LogP contribution is -2.15. The molecule has 9 heteroatoms. The van der Waals surface area contributed by atoms with Gasteiger partial charge in [-0.15, -0.1) is 10.2 Å². The number of anilines is 1. The lowest BCUT2D eigenvalue weighted by atomic mass is 10.2. The molecule has 0 aliphatic heterocycles. The Labute approximate surface area is 193 Å². The molecular formula is C21H22BrClN4O2S. The summed E-state index contributed by atoms with van der Waals surface area (Å²) in [6, 6.07) is 13.3. The number of benzene rings is 2. The fourth-order valence-corrected chi connectivity index (χ4v) is 3.91. The summed E-state index contributed by atoms with van der Waals surface area (Å²) in [7, 11) is 1.87. The molecular weight excluding hydrogens is 488 g/mol. The molecule has 1 heterocycles. The highest BCUT2D eigenvalue weighted by atomic mass is 79.9. The molecule has 0 radical (unpaired) electrons. The third kappa shape index (κ3) is 5.77. The first-order valence-electron chi connectivity index (χ1n) is 9.40. The molecule has 1 amide bonds. The van der Waals surface area contributed by atoms with Crippen molar-refractivity contribution in [3.8, 4) is 5.75 Å². The van der Waals surface area contributed by atoms with E-state index in [1.54, 1.807) is 18.2 Å². The van der Waals surface area contributed by atoms with Crippen LogP contribution in [0.15, 0.2) is 52.1 Å². The maximum absolute atomic E-state index is 12.3. The number of halogens is 2. The molecule has 2 aromatic carbocycles. The zero-order chi connectivity index (χ0) is 21.7. The van der Waals surface area contributed by atoms with Gasteiger partial charge in [0.05, 0.1) is 10.8 Å². The Morgan fingerprint density at radius 1 is 1.27 bits per heavy atom. The second-order valence-electron chi connectivity index (χ2n) is 6.62. The average molecular weight is 510 g/mol. The first-order chi connectivity index (χ1) is 14.4. The number of amides is 1. The van der Waals surface area contributed by atoms with Crippen molar-refractivity contribution in [2.75, 3.05) is 11.1 Å². The van der Waals surface area contributed by atoms with Crippen LogP contribution in [-0.2, 0) is 18.3 Å². The molecule has 158 valence electrons. The first-order valence-corrected chi connectivity index (χ1v) is 11.6.